The SMILES string of the molecule is CCCCCCCC[C@H](CN(CCCC)CCCC)N(CCCC)CCCC. The van der Waals surface area contributed by atoms with Crippen LogP contribution in [-0.4, -0.2) is 48.6 Å². The number of rotatable bonds is 22. The first-order chi connectivity index (χ1) is 13.7. The van der Waals surface area contributed by atoms with Crippen LogP contribution < -0.4 is 0 Å². The third-order valence-corrected chi connectivity index (χ3v) is 6.13. The minimum Gasteiger partial charge on any atom is -0.302 e. The van der Waals surface area contributed by atoms with Crippen molar-refractivity contribution in [2.45, 2.75) is 137 Å². The van der Waals surface area contributed by atoms with Crippen molar-refractivity contribution in [1.82, 2.24) is 9.80 Å². The highest BCUT2D eigenvalue weighted by atomic mass is 15.2. The smallest absolute Gasteiger partial charge is 0.0223 e. The number of hydrogen-bond donors (Lipinski definition) is 0. The van der Waals surface area contributed by atoms with Crippen LogP contribution in [0.1, 0.15) is 131 Å². The molecule has 0 saturated carbocycles. The van der Waals surface area contributed by atoms with Crippen LogP contribution in [0.4, 0.5) is 0 Å². The van der Waals surface area contributed by atoms with E-state index in [0.717, 1.165) is 6.04 Å². The summed E-state index contributed by atoms with van der Waals surface area (Å²) in [5, 5.41) is 0. The molecule has 2 nitrogen and oxygen atoms in total. The second-order valence-corrected chi connectivity index (χ2v) is 8.96. The van der Waals surface area contributed by atoms with Gasteiger partial charge in [-0.15, -0.1) is 0 Å². The van der Waals surface area contributed by atoms with Crippen molar-refractivity contribution < 1.29 is 0 Å². The molecule has 170 valence electrons. The highest BCUT2D eigenvalue weighted by Crippen LogP contribution is 2.16. The van der Waals surface area contributed by atoms with Crippen LogP contribution in [0.2, 0.25) is 0 Å². The van der Waals surface area contributed by atoms with E-state index in [9.17, 15) is 0 Å². The van der Waals surface area contributed by atoms with Gasteiger partial charge >= 0.3 is 0 Å². The highest BCUT2D eigenvalue weighted by molar-refractivity contribution is 4.77. The molecule has 0 aliphatic rings. The van der Waals surface area contributed by atoms with Gasteiger partial charge in [-0.1, -0.05) is 98.8 Å². The molecule has 0 radical (unpaired) electrons. The fraction of sp³-hybridized carbons (Fsp3) is 1.00. The molecule has 0 heterocycles. The summed E-state index contributed by atoms with van der Waals surface area (Å²) >= 11 is 0. The Hall–Kier alpha value is -0.0800. The standard InChI is InChI=1S/C26H56N2/c1-6-11-16-17-18-19-20-26(28(23-14-9-4)24-15-10-5)25-27(21-12-7-2)22-13-8-3/h26H,6-25H2,1-5H3/t26-/m1/s1. The molecule has 0 aromatic heterocycles. The summed E-state index contributed by atoms with van der Waals surface area (Å²) in [6, 6.07) is 0.776. The molecule has 0 bridgehead atoms. The molecule has 2 heteroatoms. The van der Waals surface area contributed by atoms with E-state index in [1.54, 1.807) is 0 Å². The monoisotopic (exact) mass is 396 g/mol. The first-order valence-electron chi connectivity index (χ1n) is 13.2. The van der Waals surface area contributed by atoms with Crippen LogP contribution in [0.15, 0.2) is 0 Å². The molecule has 0 N–H and O–H groups in total. The third-order valence-electron chi connectivity index (χ3n) is 6.13. The Kier molecular flexibility index (Phi) is 21.6. The van der Waals surface area contributed by atoms with Gasteiger partial charge in [-0.25, -0.2) is 0 Å². The van der Waals surface area contributed by atoms with E-state index in [2.05, 4.69) is 44.4 Å². The lowest BCUT2D eigenvalue weighted by molar-refractivity contribution is 0.123. The van der Waals surface area contributed by atoms with Gasteiger partial charge in [-0.05, 0) is 58.3 Å². The third kappa shape index (κ3) is 15.8. The zero-order valence-electron chi connectivity index (χ0n) is 20.6. The molecular formula is C26H56N2. The fourth-order valence-corrected chi connectivity index (χ4v) is 4.10. The zero-order chi connectivity index (χ0) is 20.9. The van der Waals surface area contributed by atoms with Crippen molar-refractivity contribution in [1.29, 1.82) is 0 Å². The molecule has 0 aromatic rings. The summed E-state index contributed by atoms with van der Waals surface area (Å²) < 4.78 is 0. The minimum atomic E-state index is 0.776. The van der Waals surface area contributed by atoms with E-state index in [1.807, 2.05) is 0 Å². The number of hydrogen-bond acceptors (Lipinski definition) is 2. The molecule has 0 rings (SSSR count). The molecule has 0 fully saturated rings. The maximum atomic E-state index is 2.88. The Balaban J connectivity index is 4.85. The van der Waals surface area contributed by atoms with E-state index in [-0.39, 0.29) is 0 Å². The van der Waals surface area contributed by atoms with Crippen LogP contribution in [-0.2, 0) is 0 Å². The second-order valence-electron chi connectivity index (χ2n) is 8.96. The van der Waals surface area contributed by atoms with E-state index in [0.29, 0.717) is 0 Å². The van der Waals surface area contributed by atoms with Gasteiger partial charge < -0.3 is 4.90 Å². The van der Waals surface area contributed by atoms with Gasteiger partial charge in [-0.3, -0.25) is 4.90 Å². The number of unbranched alkanes of at least 4 members (excludes halogenated alkanes) is 9. The summed E-state index contributed by atoms with van der Waals surface area (Å²) in [6.07, 6.45) is 20.7. The van der Waals surface area contributed by atoms with Crippen LogP contribution >= 0.6 is 0 Å². The lowest BCUT2D eigenvalue weighted by Crippen LogP contribution is -2.45. The van der Waals surface area contributed by atoms with E-state index in [1.165, 1.54) is 129 Å². The van der Waals surface area contributed by atoms with Crippen molar-refractivity contribution in [2.75, 3.05) is 32.7 Å². The van der Waals surface area contributed by atoms with Crippen molar-refractivity contribution in [2.24, 2.45) is 0 Å². The topological polar surface area (TPSA) is 6.48 Å². The van der Waals surface area contributed by atoms with E-state index in [4.69, 9.17) is 0 Å². The Morgan fingerprint density at radius 2 is 0.893 bits per heavy atom. The van der Waals surface area contributed by atoms with Gasteiger partial charge in [-0.2, -0.15) is 0 Å². The van der Waals surface area contributed by atoms with Gasteiger partial charge in [0.25, 0.3) is 0 Å². The Bertz CT molecular complexity index is 276. The maximum Gasteiger partial charge on any atom is 0.0223 e. The zero-order valence-corrected chi connectivity index (χ0v) is 20.6. The Labute approximate surface area is 179 Å². The van der Waals surface area contributed by atoms with E-state index < -0.39 is 0 Å². The van der Waals surface area contributed by atoms with Crippen LogP contribution in [0.25, 0.3) is 0 Å². The van der Waals surface area contributed by atoms with Gasteiger partial charge in [0.15, 0.2) is 0 Å². The molecule has 0 unspecified atom stereocenters. The van der Waals surface area contributed by atoms with Gasteiger partial charge in [0.2, 0.25) is 0 Å². The Morgan fingerprint density at radius 1 is 0.464 bits per heavy atom. The first kappa shape index (κ1) is 27.9. The summed E-state index contributed by atoms with van der Waals surface area (Å²) in [6.45, 7) is 18.2. The quantitative estimate of drug-likeness (QED) is 0.171. The van der Waals surface area contributed by atoms with Gasteiger partial charge in [0, 0.05) is 12.6 Å². The summed E-state index contributed by atoms with van der Waals surface area (Å²) in [5.41, 5.74) is 0. The summed E-state index contributed by atoms with van der Waals surface area (Å²) in [7, 11) is 0. The molecule has 0 aromatic carbocycles. The van der Waals surface area contributed by atoms with Crippen molar-refractivity contribution >= 4 is 0 Å². The average Bonchev–Trinajstić information content (AvgIpc) is 2.71. The second kappa shape index (κ2) is 21.6. The predicted octanol–water partition coefficient (Wildman–Crippen LogP) is 7.91. The maximum absolute atomic E-state index is 2.88. The molecule has 0 amide bonds. The predicted molar refractivity (Wildman–Crippen MR) is 129 cm³/mol. The largest absolute Gasteiger partial charge is 0.302 e. The summed E-state index contributed by atoms with van der Waals surface area (Å²) in [5.74, 6) is 0. The molecular weight excluding hydrogens is 340 g/mol. The van der Waals surface area contributed by atoms with Crippen LogP contribution in [0.3, 0.4) is 0 Å². The lowest BCUT2D eigenvalue weighted by Gasteiger charge is -2.36. The molecule has 28 heavy (non-hydrogen) atoms. The minimum absolute atomic E-state index is 0.776. The Morgan fingerprint density at radius 3 is 1.39 bits per heavy atom. The molecule has 0 aliphatic carbocycles. The average molecular weight is 397 g/mol. The van der Waals surface area contributed by atoms with Crippen LogP contribution in [0.5, 0.6) is 0 Å². The van der Waals surface area contributed by atoms with Crippen molar-refractivity contribution in [3.63, 3.8) is 0 Å². The highest BCUT2D eigenvalue weighted by Gasteiger charge is 2.20. The van der Waals surface area contributed by atoms with Gasteiger partial charge in [0.05, 0.1) is 0 Å². The van der Waals surface area contributed by atoms with Gasteiger partial charge in [0.1, 0.15) is 0 Å². The van der Waals surface area contributed by atoms with E-state index >= 15 is 0 Å². The fourth-order valence-electron chi connectivity index (χ4n) is 4.10. The number of nitrogens with zero attached hydrogens (tertiary/aromatic N) is 2. The normalized spacial score (nSPS) is 13.0. The van der Waals surface area contributed by atoms with Crippen molar-refractivity contribution in [3.8, 4) is 0 Å². The van der Waals surface area contributed by atoms with Crippen molar-refractivity contribution in [3.05, 3.63) is 0 Å². The molecule has 0 spiro atoms. The first-order valence-corrected chi connectivity index (χ1v) is 13.2. The van der Waals surface area contributed by atoms with Crippen LogP contribution in [0, 0.1) is 0 Å². The molecule has 0 saturated heterocycles. The molecule has 1 atom stereocenters. The lowest BCUT2D eigenvalue weighted by atomic mass is 10.0. The molecule has 0 aliphatic heterocycles. The summed E-state index contributed by atoms with van der Waals surface area (Å²) in [4.78, 5) is 5.68.